The molecule has 3 aromatic carbocycles. The largest absolute Gasteiger partial charge is 0.497 e. The first kappa shape index (κ1) is 17.9. The number of rotatable bonds is 5. The quantitative estimate of drug-likeness (QED) is 0.610. The van der Waals surface area contributed by atoms with Crippen LogP contribution in [0.1, 0.15) is 16.4 Å². The van der Waals surface area contributed by atoms with Gasteiger partial charge in [-0.05, 0) is 41.5 Å². The Hall–Kier alpha value is -3.12. The molecule has 2 aliphatic heterocycles. The van der Waals surface area contributed by atoms with Crippen molar-refractivity contribution in [3.63, 3.8) is 0 Å². The van der Waals surface area contributed by atoms with Crippen LogP contribution in [-0.4, -0.2) is 19.8 Å². The molecule has 0 bridgehead atoms. The van der Waals surface area contributed by atoms with E-state index in [0.29, 0.717) is 6.54 Å². The molecule has 5 rings (SSSR count). The number of methoxy groups -OCH3 is 1. The lowest BCUT2D eigenvalue weighted by Gasteiger charge is -2.19. The molecule has 2 aliphatic rings. The van der Waals surface area contributed by atoms with Crippen LogP contribution < -0.4 is 19.1 Å². The number of anilines is 1. The van der Waals surface area contributed by atoms with Crippen LogP contribution in [0.25, 0.3) is 0 Å². The van der Waals surface area contributed by atoms with Gasteiger partial charge in [-0.2, -0.15) is 0 Å². The van der Waals surface area contributed by atoms with Gasteiger partial charge in [0.1, 0.15) is 11.0 Å². The van der Waals surface area contributed by atoms with Gasteiger partial charge in [0.25, 0.3) is 0 Å². The number of nitrogens with zero attached hydrogens (tertiary/aromatic N) is 1. The van der Waals surface area contributed by atoms with Crippen LogP contribution in [0.3, 0.4) is 0 Å². The Bertz CT molecular complexity index is 1070. The van der Waals surface area contributed by atoms with Gasteiger partial charge in [-0.3, -0.25) is 4.79 Å². The molecule has 0 radical (unpaired) electrons. The number of thioether (sulfide) groups is 1. The molecule has 1 unspecified atom stereocenters. The molecular formula is C23H19NO4S. The average molecular weight is 405 g/mol. The Morgan fingerprint density at radius 2 is 1.86 bits per heavy atom. The number of amides is 1. The zero-order valence-corrected chi connectivity index (χ0v) is 16.6. The van der Waals surface area contributed by atoms with E-state index < -0.39 is 0 Å². The normalized spacial score (nSPS) is 16.8. The summed E-state index contributed by atoms with van der Waals surface area (Å²) in [5.41, 5.74) is 2.88. The summed E-state index contributed by atoms with van der Waals surface area (Å²) in [6.07, 6.45) is 0. The fourth-order valence-corrected chi connectivity index (χ4v) is 4.77. The molecule has 0 N–H and O–H groups in total. The first-order valence-electron chi connectivity index (χ1n) is 9.32. The second-order valence-electron chi connectivity index (χ2n) is 6.85. The minimum absolute atomic E-state index is 0.0692. The van der Waals surface area contributed by atoms with E-state index in [4.69, 9.17) is 14.2 Å². The van der Waals surface area contributed by atoms with Crippen molar-refractivity contribution in [1.82, 2.24) is 0 Å². The maximum atomic E-state index is 13.4. The van der Waals surface area contributed by atoms with Crippen molar-refractivity contribution < 1.29 is 19.0 Å². The predicted octanol–water partition coefficient (Wildman–Crippen LogP) is 4.80. The number of hydrogen-bond acceptors (Lipinski definition) is 5. The number of hydrogen-bond donors (Lipinski definition) is 0. The molecule has 0 saturated heterocycles. The van der Waals surface area contributed by atoms with Crippen LogP contribution in [0.5, 0.6) is 17.2 Å². The third kappa shape index (κ3) is 3.29. The molecule has 1 atom stereocenters. The van der Waals surface area contributed by atoms with Gasteiger partial charge in [0.2, 0.25) is 12.7 Å². The molecule has 29 heavy (non-hydrogen) atoms. The smallest absolute Gasteiger partial charge is 0.245 e. The van der Waals surface area contributed by atoms with Gasteiger partial charge >= 0.3 is 0 Å². The Kier molecular flexibility index (Phi) is 4.56. The van der Waals surface area contributed by atoms with Crippen molar-refractivity contribution >= 4 is 23.4 Å². The lowest BCUT2D eigenvalue weighted by Crippen LogP contribution is -2.27. The van der Waals surface area contributed by atoms with Crippen LogP contribution in [-0.2, 0) is 11.3 Å². The summed E-state index contributed by atoms with van der Waals surface area (Å²) < 4.78 is 16.3. The van der Waals surface area contributed by atoms with Crippen molar-refractivity contribution in [2.24, 2.45) is 0 Å². The van der Waals surface area contributed by atoms with Crippen LogP contribution >= 0.6 is 11.8 Å². The Morgan fingerprint density at radius 1 is 1.03 bits per heavy atom. The summed E-state index contributed by atoms with van der Waals surface area (Å²) >= 11 is 1.57. The van der Waals surface area contributed by atoms with E-state index in [-0.39, 0.29) is 18.0 Å². The van der Waals surface area contributed by atoms with Gasteiger partial charge in [-0.1, -0.05) is 30.3 Å². The molecule has 0 saturated carbocycles. The van der Waals surface area contributed by atoms with Gasteiger partial charge in [0.05, 0.1) is 19.3 Å². The van der Waals surface area contributed by atoms with Crippen LogP contribution in [0, 0.1) is 0 Å². The van der Waals surface area contributed by atoms with E-state index in [9.17, 15) is 4.79 Å². The average Bonchev–Trinajstić information content (AvgIpc) is 3.32. The monoisotopic (exact) mass is 405 g/mol. The van der Waals surface area contributed by atoms with E-state index in [2.05, 4.69) is 0 Å². The van der Waals surface area contributed by atoms with Gasteiger partial charge in [0.15, 0.2) is 11.5 Å². The van der Waals surface area contributed by atoms with Crippen molar-refractivity contribution in [3.8, 4) is 17.2 Å². The molecule has 2 heterocycles. The van der Waals surface area contributed by atoms with E-state index in [1.54, 1.807) is 18.9 Å². The summed E-state index contributed by atoms with van der Waals surface area (Å²) in [6.45, 7) is 0.693. The first-order valence-corrected chi connectivity index (χ1v) is 10.2. The highest BCUT2D eigenvalue weighted by Crippen LogP contribution is 2.48. The zero-order chi connectivity index (χ0) is 19.8. The Labute approximate surface area is 173 Å². The third-order valence-corrected chi connectivity index (χ3v) is 6.31. The van der Waals surface area contributed by atoms with Crippen molar-refractivity contribution in [1.29, 1.82) is 0 Å². The van der Waals surface area contributed by atoms with Crippen molar-refractivity contribution in [3.05, 3.63) is 77.9 Å². The lowest BCUT2D eigenvalue weighted by molar-refractivity contribution is -0.117. The maximum absolute atomic E-state index is 13.4. The molecule has 0 fully saturated rings. The molecule has 5 nitrogen and oxygen atoms in total. The zero-order valence-electron chi connectivity index (χ0n) is 15.8. The van der Waals surface area contributed by atoms with Gasteiger partial charge in [-0.15, -0.1) is 11.8 Å². The second-order valence-corrected chi connectivity index (χ2v) is 8.03. The molecule has 3 aromatic rings. The molecule has 1 amide bonds. The lowest BCUT2D eigenvalue weighted by atomic mass is 10.1. The summed E-state index contributed by atoms with van der Waals surface area (Å²) in [5.74, 6) is 2.26. The molecule has 0 aromatic heterocycles. The highest BCUT2D eigenvalue weighted by molar-refractivity contribution is 8.00. The molecule has 0 spiro atoms. The van der Waals surface area contributed by atoms with E-state index in [1.165, 1.54) is 0 Å². The second kappa shape index (κ2) is 7.37. The highest BCUT2D eigenvalue weighted by Gasteiger charge is 2.38. The third-order valence-electron chi connectivity index (χ3n) is 5.08. The minimum Gasteiger partial charge on any atom is -0.497 e. The maximum Gasteiger partial charge on any atom is 0.245 e. The number of carbonyl (C=O) groups excluding carboxylic acids is 1. The molecule has 6 heteroatoms. The number of ether oxygens (including phenoxy) is 3. The summed E-state index contributed by atoms with van der Waals surface area (Å²) in [5, 5.41) is -0.285. The van der Waals surface area contributed by atoms with Crippen LogP contribution in [0.4, 0.5) is 5.69 Å². The highest BCUT2D eigenvalue weighted by atomic mass is 32.2. The molecular weight excluding hydrogens is 386 g/mol. The summed E-state index contributed by atoms with van der Waals surface area (Å²) in [7, 11) is 1.64. The van der Waals surface area contributed by atoms with E-state index in [0.717, 1.165) is 39.0 Å². The minimum atomic E-state index is -0.285. The molecule has 146 valence electrons. The van der Waals surface area contributed by atoms with Gasteiger partial charge in [-0.25, -0.2) is 0 Å². The fraction of sp³-hybridized carbons (Fsp3) is 0.174. The topological polar surface area (TPSA) is 48.0 Å². The number of fused-ring (bicyclic) bond motifs is 2. The van der Waals surface area contributed by atoms with E-state index in [1.807, 2.05) is 71.6 Å². The van der Waals surface area contributed by atoms with Crippen LogP contribution in [0.15, 0.2) is 71.6 Å². The summed E-state index contributed by atoms with van der Waals surface area (Å²) in [6, 6.07) is 21.6. The van der Waals surface area contributed by atoms with Crippen LogP contribution in [0.2, 0.25) is 0 Å². The van der Waals surface area contributed by atoms with Crippen molar-refractivity contribution in [2.45, 2.75) is 16.7 Å². The number of carbonyl (C=O) groups is 1. The Balaban J connectivity index is 1.49. The molecule has 0 aliphatic carbocycles. The predicted molar refractivity (Wildman–Crippen MR) is 112 cm³/mol. The van der Waals surface area contributed by atoms with Gasteiger partial charge in [0, 0.05) is 11.0 Å². The van der Waals surface area contributed by atoms with Crippen molar-refractivity contribution in [2.75, 3.05) is 18.8 Å². The first-order chi connectivity index (χ1) is 14.2. The SMILES string of the molecule is COc1ccc2c(c1)N(Cc1ccc3c(c1)OCO3)C(=O)C2Sc1ccccc1. The van der Waals surface area contributed by atoms with Gasteiger partial charge < -0.3 is 19.1 Å². The Morgan fingerprint density at radius 3 is 2.69 bits per heavy atom. The standard InChI is InChI=1S/C23H19NO4S/c1-26-16-8-9-18-19(12-16)24(13-15-7-10-20-21(11-15)28-14-27-20)23(25)22(18)29-17-5-3-2-4-6-17/h2-12,22H,13-14H2,1H3. The fourth-order valence-electron chi connectivity index (χ4n) is 3.63. The van der Waals surface area contributed by atoms with E-state index >= 15 is 0 Å². The summed E-state index contributed by atoms with van der Waals surface area (Å²) in [4.78, 5) is 16.3. The number of benzene rings is 3.